The van der Waals surface area contributed by atoms with E-state index in [2.05, 4.69) is 10.6 Å². The van der Waals surface area contributed by atoms with Gasteiger partial charge in [0.05, 0.1) is 12.0 Å². The van der Waals surface area contributed by atoms with Crippen molar-refractivity contribution in [2.24, 2.45) is 5.92 Å². The number of rotatable bonds is 9. The number of hydrogen-bond acceptors (Lipinski definition) is 5. The van der Waals surface area contributed by atoms with E-state index >= 15 is 0 Å². The summed E-state index contributed by atoms with van der Waals surface area (Å²) >= 11 is 0. The van der Waals surface area contributed by atoms with Crippen LogP contribution in [-0.4, -0.2) is 50.1 Å². The molecule has 3 amide bonds. The molecule has 2 aliphatic heterocycles. The van der Waals surface area contributed by atoms with Gasteiger partial charge >= 0.3 is 0 Å². The molecule has 0 aliphatic carbocycles. The summed E-state index contributed by atoms with van der Waals surface area (Å²) in [7, 11) is 0. The summed E-state index contributed by atoms with van der Waals surface area (Å²) in [5, 5.41) is 5.73. The molecule has 0 radical (unpaired) electrons. The van der Waals surface area contributed by atoms with E-state index in [1.54, 1.807) is 29.2 Å². The van der Waals surface area contributed by atoms with Crippen molar-refractivity contribution in [3.05, 3.63) is 60.2 Å². The lowest BCUT2D eigenvalue weighted by atomic mass is 10.1. The van der Waals surface area contributed by atoms with E-state index < -0.39 is 0 Å². The van der Waals surface area contributed by atoms with Crippen LogP contribution in [-0.2, 0) is 25.7 Å². The summed E-state index contributed by atoms with van der Waals surface area (Å²) in [5.41, 5.74) is 1.72. The average Bonchev–Trinajstić information content (AvgIpc) is 3.51. The number of carbonyl (C=O) groups is 3. The average molecular weight is 452 g/mol. The van der Waals surface area contributed by atoms with Gasteiger partial charge in [-0.15, -0.1) is 0 Å². The van der Waals surface area contributed by atoms with Crippen molar-refractivity contribution in [3.63, 3.8) is 0 Å². The quantitative estimate of drug-likeness (QED) is 0.608. The lowest BCUT2D eigenvalue weighted by Crippen LogP contribution is -2.37. The molecule has 8 heteroatoms. The molecule has 2 saturated heterocycles. The van der Waals surface area contributed by atoms with Crippen LogP contribution in [0.2, 0.25) is 0 Å². The van der Waals surface area contributed by atoms with E-state index in [-0.39, 0.29) is 42.8 Å². The van der Waals surface area contributed by atoms with Crippen LogP contribution < -0.4 is 20.3 Å². The number of nitrogens with one attached hydrogen (secondary N) is 2. The van der Waals surface area contributed by atoms with Gasteiger partial charge in [-0.05, 0) is 42.7 Å². The number of hydrogen-bond donors (Lipinski definition) is 2. The van der Waals surface area contributed by atoms with Crippen LogP contribution in [0.1, 0.15) is 24.8 Å². The van der Waals surface area contributed by atoms with Crippen molar-refractivity contribution in [1.82, 2.24) is 10.6 Å². The van der Waals surface area contributed by atoms with Crippen LogP contribution in [0.25, 0.3) is 0 Å². The first kappa shape index (κ1) is 22.8. The van der Waals surface area contributed by atoms with Gasteiger partial charge in [0.1, 0.15) is 5.75 Å². The molecule has 0 spiro atoms. The summed E-state index contributed by atoms with van der Waals surface area (Å²) < 4.78 is 11.1. The highest BCUT2D eigenvalue weighted by Crippen LogP contribution is 2.27. The number of benzene rings is 2. The molecule has 8 nitrogen and oxygen atoms in total. The maximum absolute atomic E-state index is 12.5. The molecule has 2 aromatic rings. The third kappa shape index (κ3) is 6.32. The minimum absolute atomic E-state index is 0.0788. The Kier molecular flexibility index (Phi) is 7.57. The van der Waals surface area contributed by atoms with Gasteiger partial charge in [0, 0.05) is 38.3 Å². The standard InChI is InChI=1S/C25H29N3O5/c29-23(26-14-18-5-2-1-3-6-18)17-33-21-10-8-20(9-11-21)28-16-19(13-24(28)30)25(31)27-15-22-7-4-12-32-22/h1-3,5-6,8-11,19,22H,4,7,12-17H2,(H,26,29)(H,27,31)/t19-,22-/m0/s1. The highest BCUT2D eigenvalue weighted by molar-refractivity contribution is 6.00. The molecule has 2 atom stereocenters. The number of amides is 3. The Bertz CT molecular complexity index is 958. The second-order valence-corrected chi connectivity index (χ2v) is 8.33. The van der Waals surface area contributed by atoms with E-state index in [1.165, 1.54) is 0 Å². The lowest BCUT2D eigenvalue weighted by molar-refractivity contribution is -0.126. The van der Waals surface area contributed by atoms with Crippen LogP contribution in [0.3, 0.4) is 0 Å². The number of nitrogens with zero attached hydrogens (tertiary/aromatic N) is 1. The zero-order chi connectivity index (χ0) is 23.0. The zero-order valence-corrected chi connectivity index (χ0v) is 18.5. The second kappa shape index (κ2) is 11.0. The van der Waals surface area contributed by atoms with E-state index in [1.807, 2.05) is 30.3 Å². The predicted octanol–water partition coefficient (Wildman–Crippen LogP) is 2.03. The van der Waals surface area contributed by atoms with Crippen LogP contribution in [0.15, 0.2) is 54.6 Å². The summed E-state index contributed by atoms with van der Waals surface area (Å²) in [5.74, 6) is -0.243. The molecule has 2 heterocycles. The molecule has 174 valence electrons. The molecule has 33 heavy (non-hydrogen) atoms. The highest BCUT2D eigenvalue weighted by atomic mass is 16.5. The molecular weight excluding hydrogens is 422 g/mol. The highest BCUT2D eigenvalue weighted by Gasteiger charge is 2.35. The topological polar surface area (TPSA) is 97.0 Å². The Morgan fingerprint density at radius 1 is 1.06 bits per heavy atom. The second-order valence-electron chi connectivity index (χ2n) is 8.33. The number of anilines is 1. The molecule has 0 bridgehead atoms. The fourth-order valence-corrected chi connectivity index (χ4v) is 4.02. The summed E-state index contributed by atoms with van der Waals surface area (Å²) in [6.07, 6.45) is 2.25. The van der Waals surface area contributed by atoms with Crippen LogP contribution >= 0.6 is 0 Å². The van der Waals surface area contributed by atoms with Crippen molar-refractivity contribution in [2.45, 2.75) is 31.9 Å². The zero-order valence-electron chi connectivity index (χ0n) is 18.5. The lowest BCUT2D eigenvalue weighted by Gasteiger charge is -2.18. The molecule has 2 fully saturated rings. The van der Waals surface area contributed by atoms with Crippen molar-refractivity contribution in [3.8, 4) is 5.75 Å². The molecule has 0 unspecified atom stereocenters. The Balaban J connectivity index is 1.22. The van der Waals surface area contributed by atoms with E-state index in [0.717, 1.165) is 25.0 Å². The van der Waals surface area contributed by atoms with Crippen molar-refractivity contribution < 1.29 is 23.9 Å². The first-order valence-corrected chi connectivity index (χ1v) is 11.3. The van der Waals surface area contributed by atoms with Gasteiger partial charge in [0.25, 0.3) is 5.91 Å². The Morgan fingerprint density at radius 2 is 1.85 bits per heavy atom. The third-order valence-corrected chi connectivity index (χ3v) is 5.87. The SMILES string of the molecule is O=C(COc1ccc(N2C[C@@H](C(=O)NC[C@@H]3CCCO3)CC2=O)cc1)NCc1ccccc1. The van der Waals surface area contributed by atoms with Gasteiger partial charge in [-0.25, -0.2) is 0 Å². The summed E-state index contributed by atoms with van der Waals surface area (Å²) in [6.45, 7) is 1.93. The number of carbonyl (C=O) groups excluding carboxylic acids is 3. The molecule has 0 aromatic heterocycles. The maximum atomic E-state index is 12.5. The van der Waals surface area contributed by atoms with Crippen LogP contribution in [0, 0.1) is 5.92 Å². The largest absolute Gasteiger partial charge is 0.484 e. The number of ether oxygens (including phenoxy) is 2. The predicted molar refractivity (Wildman–Crippen MR) is 123 cm³/mol. The van der Waals surface area contributed by atoms with Gasteiger partial charge in [-0.2, -0.15) is 0 Å². The Hall–Kier alpha value is -3.39. The summed E-state index contributed by atoms with van der Waals surface area (Å²) in [4.78, 5) is 38.6. The fourth-order valence-electron chi connectivity index (χ4n) is 4.02. The van der Waals surface area contributed by atoms with Crippen molar-refractivity contribution >= 4 is 23.4 Å². The van der Waals surface area contributed by atoms with Crippen LogP contribution in [0.4, 0.5) is 5.69 Å². The van der Waals surface area contributed by atoms with E-state index in [9.17, 15) is 14.4 Å². The molecule has 0 saturated carbocycles. The maximum Gasteiger partial charge on any atom is 0.258 e. The van der Waals surface area contributed by atoms with Crippen LogP contribution in [0.5, 0.6) is 5.75 Å². The fraction of sp³-hybridized carbons (Fsp3) is 0.400. The van der Waals surface area contributed by atoms with Crippen molar-refractivity contribution in [2.75, 3.05) is 31.2 Å². The monoisotopic (exact) mass is 451 g/mol. The van der Waals surface area contributed by atoms with Gasteiger partial charge < -0.3 is 25.0 Å². The van der Waals surface area contributed by atoms with E-state index in [4.69, 9.17) is 9.47 Å². The third-order valence-electron chi connectivity index (χ3n) is 5.87. The molecule has 4 rings (SSSR count). The van der Waals surface area contributed by atoms with Gasteiger partial charge in [0.15, 0.2) is 6.61 Å². The van der Waals surface area contributed by atoms with Crippen molar-refractivity contribution in [1.29, 1.82) is 0 Å². The van der Waals surface area contributed by atoms with E-state index in [0.29, 0.717) is 31.1 Å². The normalized spacial score (nSPS) is 20.0. The van der Waals surface area contributed by atoms with Gasteiger partial charge in [0.2, 0.25) is 11.8 Å². The molecular formula is C25H29N3O5. The molecule has 2 aliphatic rings. The first-order valence-electron chi connectivity index (χ1n) is 11.3. The minimum Gasteiger partial charge on any atom is -0.484 e. The summed E-state index contributed by atoms with van der Waals surface area (Å²) in [6, 6.07) is 16.6. The van der Waals surface area contributed by atoms with Gasteiger partial charge in [-0.3, -0.25) is 14.4 Å². The van der Waals surface area contributed by atoms with Gasteiger partial charge in [-0.1, -0.05) is 30.3 Å². The molecule has 2 aromatic carbocycles. The Labute approximate surface area is 193 Å². The minimum atomic E-state index is -0.372. The molecule has 2 N–H and O–H groups in total. The smallest absolute Gasteiger partial charge is 0.258 e. The Morgan fingerprint density at radius 3 is 2.58 bits per heavy atom. The first-order chi connectivity index (χ1) is 16.1.